The molecule has 3 heterocycles. The molecule has 1 fully saturated rings. The molecule has 12 heteroatoms. The van der Waals surface area contributed by atoms with Crippen molar-refractivity contribution in [2.24, 2.45) is 0 Å². The number of fused-ring (bicyclic) bond motifs is 1. The molecule has 1 unspecified atom stereocenters. The van der Waals surface area contributed by atoms with E-state index < -0.39 is 34.6 Å². The summed E-state index contributed by atoms with van der Waals surface area (Å²) in [5.41, 5.74) is 0.170. The number of nitrogens with one attached hydrogen (secondary N) is 1. The van der Waals surface area contributed by atoms with Gasteiger partial charge in [0, 0.05) is 24.6 Å². The van der Waals surface area contributed by atoms with E-state index in [1.165, 1.54) is 0 Å². The SMILES string of the molecule is COC(=O)c1cc([N+](=O)[O-])c(=O)n(CC(=O)Nc2c(C#N)c3c(n2CC2CCCO2)CCCC3)c1. The Labute approximate surface area is 200 Å². The van der Waals surface area contributed by atoms with Crippen molar-refractivity contribution in [1.82, 2.24) is 9.13 Å². The van der Waals surface area contributed by atoms with Crippen LogP contribution >= 0.6 is 0 Å². The van der Waals surface area contributed by atoms with Gasteiger partial charge < -0.3 is 19.4 Å². The van der Waals surface area contributed by atoms with Gasteiger partial charge in [0.05, 0.1) is 35.8 Å². The molecule has 2 aromatic rings. The number of anilines is 1. The van der Waals surface area contributed by atoms with Crippen LogP contribution in [0.25, 0.3) is 0 Å². The maximum atomic E-state index is 13.0. The van der Waals surface area contributed by atoms with Crippen molar-refractivity contribution in [3.05, 3.63) is 55.1 Å². The largest absolute Gasteiger partial charge is 0.465 e. The Morgan fingerprint density at radius 3 is 2.77 bits per heavy atom. The maximum Gasteiger partial charge on any atom is 0.339 e. The Balaban J connectivity index is 1.68. The fourth-order valence-corrected chi connectivity index (χ4v) is 4.74. The number of hydrogen-bond acceptors (Lipinski definition) is 8. The van der Waals surface area contributed by atoms with Crippen molar-refractivity contribution in [3.8, 4) is 6.07 Å². The van der Waals surface area contributed by atoms with Gasteiger partial charge in [-0.15, -0.1) is 0 Å². The van der Waals surface area contributed by atoms with Gasteiger partial charge in [0.25, 0.3) is 0 Å². The van der Waals surface area contributed by atoms with E-state index in [0.717, 1.165) is 73.7 Å². The number of pyridine rings is 1. The molecule has 2 aromatic heterocycles. The van der Waals surface area contributed by atoms with Crippen molar-refractivity contribution in [1.29, 1.82) is 5.26 Å². The molecular weight excluding hydrogens is 458 g/mol. The van der Waals surface area contributed by atoms with E-state index in [-0.39, 0.29) is 11.7 Å². The lowest BCUT2D eigenvalue weighted by molar-refractivity contribution is -0.386. The first kappa shape index (κ1) is 24.2. The summed E-state index contributed by atoms with van der Waals surface area (Å²) in [4.78, 5) is 47.9. The summed E-state index contributed by atoms with van der Waals surface area (Å²) < 4.78 is 13.1. The lowest BCUT2D eigenvalue weighted by atomic mass is 9.95. The fourth-order valence-electron chi connectivity index (χ4n) is 4.74. The van der Waals surface area contributed by atoms with Gasteiger partial charge in [-0.1, -0.05) is 0 Å². The van der Waals surface area contributed by atoms with E-state index in [4.69, 9.17) is 4.74 Å². The molecule has 0 spiro atoms. The van der Waals surface area contributed by atoms with Gasteiger partial charge in [-0.2, -0.15) is 5.26 Å². The van der Waals surface area contributed by atoms with Crippen LogP contribution in [0.2, 0.25) is 0 Å². The monoisotopic (exact) mass is 483 g/mol. The third-order valence-corrected chi connectivity index (χ3v) is 6.35. The minimum absolute atomic E-state index is 0.0300. The van der Waals surface area contributed by atoms with E-state index in [9.17, 15) is 29.8 Å². The molecule has 0 bridgehead atoms. The number of carbonyl (C=O) groups is 2. The average molecular weight is 483 g/mol. The lowest BCUT2D eigenvalue weighted by Crippen LogP contribution is -2.30. The number of carbonyl (C=O) groups excluding carboxylic acids is 2. The molecule has 1 N–H and O–H groups in total. The third-order valence-electron chi connectivity index (χ3n) is 6.35. The van der Waals surface area contributed by atoms with Gasteiger partial charge in [0.2, 0.25) is 5.91 Å². The number of hydrogen-bond donors (Lipinski definition) is 1. The molecule has 184 valence electrons. The van der Waals surface area contributed by atoms with Crippen molar-refractivity contribution in [2.75, 3.05) is 19.0 Å². The highest BCUT2D eigenvalue weighted by Crippen LogP contribution is 2.34. The highest BCUT2D eigenvalue weighted by atomic mass is 16.6. The van der Waals surface area contributed by atoms with Crippen LogP contribution in [0.5, 0.6) is 0 Å². The van der Waals surface area contributed by atoms with Crippen LogP contribution in [0, 0.1) is 21.4 Å². The second-order valence-corrected chi connectivity index (χ2v) is 8.56. The normalized spacial score (nSPS) is 16.9. The summed E-state index contributed by atoms with van der Waals surface area (Å²) in [6, 6.07) is 3.03. The maximum absolute atomic E-state index is 13.0. The molecule has 1 saturated heterocycles. The summed E-state index contributed by atoms with van der Waals surface area (Å²) in [7, 11) is 1.10. The van der Waals surface area contributed by atoms with Crippen molar-refractivity contribution in [2.45, 2.75) is 57.7 Å². The van der Waals surface area contributed by atoms with Gasteiger partial charge in [-0.3, -0.25) is 24.3 Å². The van der Waals surface area contributed by atoms with Gasteiger partial charge in [0.1, 0.15) is 18.4 Å². The number of methoxy groups -OCH3 is 1. The van der Waals surface area contributed by atoms with Crippen LogP contribution in [0.15, 0.2) is 17.1 Å². The topological polar surface area (TPSA) is 158 Å². The van der Waals surface area contributed by atoms with E-state index in [1.54, 1.807) is 0 Å². The molecule has 0 saturated carbocycles. The summed E-state index contributed by atoms with van der Waals surface area (Å²) in [5.74, 6) is -1.21. The van der Waals surface area contributed by atoms with Gasteiger partial charge in [-0.05, 0) is 44.1 Å². The molecule has 1 aliphatic heterocycles. The Morgan fingerprint density at radius 1 is 1.34 bits per heavy atom. The molecule has 0 aromatic carbocycles. The fraction of sp³-hybridized carbons (Fsp3) is 0.478. The number of nitrogens with zero attached hydrogens (tertiary/aromatic N) is 4. The van der Waals surface area contributed by atoms with Crippen LogP contribution in [0.3, 0.4) is 0 Å². The highest BCUT2D eigenvalue weighted by molar-refractivity contribution is 5.92. The van der Waals surface area contributed by atoms with Crippen molar-refractivity contribution >= 4 is 23.4 Å². The Bertz CT molecular complexity index is 1280. The van der Waals surface area contributed by atoms with E-state index in [1.807, 2.05) is 4.57 Å². The lowest BCUT2D eigenvalue weighted by Gasteiger charge is -2.20. The van der Waals surface area contributed by atoms with Crippen molar-refractivity contribution in [3.63, 3.8) is 0 Å². The number of esters is 1. The van der Waals surface area contributed by atoms with Crippen molar-refractivity contribution < 1.29 is 24.0 Å². The summed E-state index contributed by atoms with van der Waals surface area (Å²) >= 11 is 0. The van der Waals surface area contributed by atoms with Gasteiger partial charge in [0.15, 0.2) is 0 Å². The number of rotatable bonds is 7. The van der Waals surface area contributed by atoms with Crippen LogP contribution in [0.4, 0.5) is 11.5 Å². The summed E-state index contributed by atoms with van der Waals surface area (Å²) in [6.07, 6.45) is 6.26. The highest BCUT2D eigenvalue weighted by Gasteiger charge is 2.29. The molecule has 4 rings (SSSR count). The quantitative estimate of drug-likeness (QED) is 0.355. The second kappa shape index (κ2) is 10.1. The molecule has 1 atom stereocenters. The Kier molecular flexibility index (Phi) is 6.97. The number of aromatic nitrogens is 2. The Hall–Kier alpha value is -3.98. The minimum atomic E-state index is -1.03. The summed E-state index contributed by atoms with van der Waals surface area (Å²) in [5, 5.41) is 23.9. The third kappa shape index (κ3) is 4.81. The first-order valence-corrected chi connectivity index (χ1v) is 11.4. The zero-order chi connectivity index (χ0) is 25.1. The van der Waals surface area contributed by atoms with E-state index >= 15 is 0 Å². The molecule has 12 nitrogen and oxygen atoms in total. The molecule has 1 amide bonds. The van der Waals surface area contributed by atoms with Gasteiger partial charge >= 0.3 is 17.2 Å². The first-order chi connectivity index (χ1) is 16.8. The number of nitriles is 1. The number of ether oxygens (including phenoxy) is 2. The minimum Gasteiger partial charge on any atom is -0.465 e. The molecule has 35 heavy (non-hydrogen) atoms. The number of nitro groups is 1. The van der Waals surface area contributed by atoms with Crippen LogP contribution in [0.1, 0.15) is 52.9 Å². The van der Waals surface area contributed by atoms with Crippen LogP contribution in [-0.2, 0) is 40.2 Å². The van der Waals surface area contributed by atoms with E-state index in [0.29, 0.717) is 24.5 Å². The van der Waals surface area contributed by atoms with E-state index in [2.05, 4.69) is 16.1 Å². The Morgan fingerprint density at radius 2 is 2.11 bits per heavy atom. The van der Waals surface area contributed by atoms with Crippen LogP contribution in [-0.4, -0.2) is 45.8 Å². The van der Waals surface area contributed by atoms with Crippen LogP contribution < -0.4 is 10.9 Å². The summed E-state index contributed by atoms with van der Waals surface area (Å²) in [6.45, 7) is 0.563. The molecule has 0 radical (unpaired) electrons. The predicted molar refractivity (Wildman–Crippen MR) is 122 cm³/mol. The zero-order valence-electron chi connectivity index (χ0n) is 19.2. The zero-order valence-corrected chi connectivity index (χ0v) is 19.2. The first-order valence-electron chi connectivity index (χ1n) is 11.4. The second-order valence-electron chi connectivity index (χ2n) is 8.56. The standard InChI is InChI=1S/C23H25N5O7/c1-34-23(31)14-9-19(28(32)33)22(30)26(11-14)13-20(29)25-21-17(10-24)16-6-2-3-7-18(16)27(21)12-15-5-4-8-35-15/h9,11,15H,2-8,12-13H2,1H3,(H,25,29). The predicted octanol–water partition coefficient (Wildman–Crippen LogP) is 1.91. The average Bonchev–Trinajstić information content (AvgIpc) is 3.46. The van der Waals surface area contributed by atoms with Gasteiger partial charge in [-0.25, -0.2) is 4.79 Å². The molecule has 1 aliphatic carbocycles. The number of amides is 1. The molecule has 2 aliphatic rings. The molecular formula is C23H25N5O7. The smallest absolute Gasteiger partial charge is 0.339 e.